The molecule has 0 radical (unpaired) electrons. The molecule has 1 saturated heterocycles. The van der Waals surface area contributed by atoms with Gasteiger partial charge in [-0.25, -0.2) is 9.59 Å². The molecule has 1 aliphatic heterocycles. The molecule has 29 heavy (non-hydrogen) atoms. The minimum absolute atomic E-state index is 0.0300. The highest BCUT2D eigenvalue weighted by atomic mass is 32.1. The summed E-state index contributed by atoms with van der Waals surface area (Å²) in [6.07, 6.45) is 0. The molecule has 0 saturated carbocycles. The maximum absolute atomic E-state index is 12.1. The predicted molar refractivity (Wildman–Crippen MR) is 102 cm³/mol. The molecular formula is C18H16N4O6S. The second kappa shape index (κ2) is 8.52. The summed E-state index contributed by atoms with van der Waals surface area (Å²) in [4.78, 5) is 59.4. The topological polar surface area (TPSA) is 148 Å². The molecule has 5 amide bonds. The van der Waals surface area contributed by atoms with E-state index in [0.29, 0.717) is 5.56 Å². The van der Waals surface area contributed by atoms with Gasteiger partial charge in [0.15, 0.2) is 6.61 Å². The molecule has 0 spiro atoms. The number of hydrogen-bond acceptors (Lipinski definition) is 7. The number of hydrogen-bond donors (Lipinski definition) is 3. The van der Waals surface area contributed by atoms with Crippen molar-refractivity contribution in [3.63, 3.8) is 0 Å². The lowest BCUT2D eigenvalue weighted by Gasteiger charge is -2.12. The molecule has 3 rings (SSSR count). The standard InChI is InChI=1S/C18H16N4O6S/c19-15(25)12-5-6-29-16(12)21-13(23)9-28-17(26)11-3-1-10(2-4-11)8-22-14(24)7-20-18(22)27/h1-6H,7-9H2,(H2,19,25)(H,20,27)(H,21,23). The van der Waals surface area contributed by atoms with Crippen LogP contribution in [-0.4, -0.2) is 47.8 Å². The van der Waals surface area contributed by atoms with E-state index in [9.17, 15) is 24.0 Å². The molecule has 0 atom stereocenters. The number of anilines is 1. The van der Waals surface area contributed by atoms with Gasteiger partial charge in [-0.1, -0.05) is 12.1 Å². The monoisotopic (exact) mass is 416 g/mol. The quantitative estimate of drug-likeness (QED) is 0.447. The van der Waals surface area contributed by atoms with Crippen LogP contribution in [0.25, 0.3) is 0 Å². The van der Waals surface area contributed by atoms with Crippen molar-refractivity contribution in [3.05, 3.63) is 52.4 Å². The Labute approximate surface area is 168 Å². The van der Waals surface area contributed by atoms with Crippen molar-refractivity contribution in [3.8, 4) is 0 Å². The summed E-state index contributed by atoms with van der Waals surface area (Å²) in [6, 6.07) is 7.13. The van der Waals surface area contributed by atoms with Gasteiger partial charge in [0.2, 0.25) is 5.91 Å². The van der Waals surface area contributed by atoms with E-state index < -0.39 is 30.4 Å². The van der Waals surface area contributed by atoms with Crippen LogP contribution in [0.2, 0.25) is 0 Å². The summed E-state index contributed by atoms with van der Waals surface area (Å²) in [5, 5.41) is 6.77. The van der Waals surface area contributed by atoms with E-state index in [1.807, 2.05) is 0 Å². The predicted octanol–water partition coefficient (Wildman–Crippen LogP) is 0.694. The fourth-order valence-corrected chi connectivity index (χ4v) is 3.33. The average Bonchev–Trinajstić information content (AvgIpc) is 3.28. The van der Waals surface area contributed by atoms with Gasteiger partial charge < -0.3 is 21.1 Å². The normalized spacial score (nSPS) is 13.2. The number of nitrogens with zero attached hydrogens (tertiary/aromatic N) is 1. The summed E-state index contributed by atoms with van der Waals surface area (Å²) >= 11 is 1.12. The molecule has 0 aliphatic carbocycles. The summed E-state index contributed by atoms with van der Waals surface area (Å²) in [6.45, 7) is -0.484. The molecule has 1 fully saturated rings. The first-order valence-electron chi connectivity index (χ1n) is 8.36. The Morgan fingerprint density at radius 3 is 2.52 bits per heavy atom. The second-order valence-electron chi connectivity index (χ2n) is 5.99. The number of imide groups is 1. The first kappa shape index (κ1) is 20.0. The van der Waals surface area contributed by atoms with Crippen molar-refractivity contribution in [1.82, 2.24) is 10.2 Å². The van der Waals surface area contributed by atoms with Crippen molar-refractivity contribution in [2.45, 2.75) is 6.54 Å². The van der Waals surface area contributed by atoms with Crippen LogP contribution in [0.15, 0.2) is 35.7 Å². The molecule has 4 N–H and O–H groups in total. The zero-order valence-electron chi connectivity index (χ0n) is 15.0. The van der Waals surface area contributed by atoms with E-state index >= 15 is 0 Å². The van der Waals surface area contributed by atoms with E-state index in [2.05, 4.69) is 10.6 Å². The Morgan fingerprint density at radius 2 is 1.90 bits per heavy atom. The second-order valence-corrected chi connectivity index (χ2v) is 6.90. The number of primary amides is 1. The Kier molecular flexibility index (Phi) is 5.88. The highest BCUT2D eigenvalue weighted by Crippen LogP contribution is 2.22. The molecule has 1 aromatic carbocycles. The minimum Gasteiger partial charge on any atom is -0.452 e. The van der Waals surface area contributed by atoms with Crippen molar-refractivity contribution >= 4 is 46.1 Å². The number of amides is 5. The molecule has 11 heteroatoms. The number of carbonyl (C=O) groups is 5. The van der Waals surface area contributed by atoms with Crippen LogP contribution in [-0.2, 0) is 20.9 Å². The van der Waals surface area contributed by atoms with Crippen LogP contribution in [0.4, 0.5) is 9.80 Å². The maximum Gasteiger partial charge on any atom is 0.338 e. The van der Waals surface area contributed by atoms with Gasteiger partial charge >= 0.3 is 12.0 Å². The van der Waals surface area contributed by atoms with Crippen molar-refractivity contribution in [2.24, 2.45) is 5.73 Å². The molecule has 10 nitrogen and oxygen atoms in total. The largest absolute Gasteiger partial charge is 0.452 e. The van der Waals surface area contributed by atoms with Crippen LogP contribution in [0.5, 0.6) is 0 Å². The van der Waals surface area contributed by atoms with E-state index in [1.54, 1.807) is 17.5 Å². The molecular weight excluding hydrogens is 400 g/mol. The number of nitrogens with two attached hydrogens (primary N) is 1. The van der Waals surface area contributed by atoms with Crippen molar-refractivity contribution in [1.29, 1.82) is 0 Å². The molecule has 2 aromatic rings. The third-order valence-electron chi connectivity index (χ3n) is 3.99. The highest BCUT2D eigenvalue weighted by Gasteiger charge is 2.28. The van der Waals surface area contributed by atoms with Crippen LogP contribution >= 0.6 is 11.3 Å². The molecule has 1 aliphatic rings. The number of rotatable bonds is 7. The molecule has 0 bridgehead atoms. The lowest BCUT2D eigenvalue weighted by Crippen LogP contribution is -2.30. The lowest BCUT2D eigenvalue weighted by atomic mass is 10.1. The number of esters is 1. The fourth-order valence-electron chi connectivity index (χ4n) is 2.52. The van der Waals surface area contributed by atoms with Crippen LogP contribution in [0.1, 0.15) is 26.3 Å². The molecule has 150 valence electrons. The number of benzene rings is 1. The maximum atomic E-state index is 12.1. The Morgan fingerprint density at radius 1 is 1.17 bits per heavy atom. The van der Waals surface area contributed by atoms with E-state index in [-0.39, 0.29) is 35.1 Å². The molecule has 2 heterocycles. The van der Waals surface area contributed by atoms with Gasteiger partial charge in [0.1, 0.15) is 5.00 Å². The number of urea groups is 1. The first-order valence-corrected chi connectivity index (χ1v) is 9.24. The summed E-state index contributed by atoms with van der Waals surface area (Å²) < 4.78 is 4.96. The van der Waals surface area contributed by atoms with Crippen molar-refractivity contribution in [2.75, 3.05) is 18.5 Å². The van der Waals surface area contributed by atoms with E-state index in [4.69, 9.17) is 10.5 Å². The number of ether oxygens (including phenoxy) is 1. The fraction of sp³-hybridized carbons (Fsp3) is 0.167. The third-order valence-corrected chi connectivity index (χ3v) is 4.82. The van der Waals surface area contributed by atoms with Gasteiger partial charge in [-0.15, -0.1) is 11.3 Å². The smallest absolute Gasteiger partial charge is 0.338 e. The van der Waals surface area contributed by atoms with Gasteiger partial charge in [-0.05, 0) is 29.1 Å². The SMILES string of the molecule is NC(=O)c1ccsc1NC(=O)COC(=O)c1ccc(CN2C(=O)CNC2=O)cc1. The van der Waals surface area contributed by atoms with Gasteiger partial charge in [0, 0.05) is 0 Å². The third kappa shape index (κ3) is 4.76. The summed E-state index contributed by atoms with van der Waals surface area (Å²) in [7, 11) is 0. The van der Waals surface area contributed by atoms with Crippen LogP contribution in [0.3, 0.4) is 0 Å². The number of carbonyl (C=O) groups excluding carboxylic acids is 5. The van der Waals surface area contributed by atoms with Crippen LogP contribution in [0, 0.1) is 0 Å². The zero-order valence-corrected chi connectivity index (χ0v) is 15.8. The lowest BCUT2D eigenvalue weighted by molar-refractivity contribution is -0.125. The minimum atomic E-state index is -0.719. The van der Waals surface area contributed by atoms with Crippen molar-refractivity contribution < 1.29 is 28.7 Å². The zero-order chi connectivity index (χ0) is 21.0. The van der Waals surface area contributed by atoms with E-state index in [0.717, 1.165) is 16.2 Å². The highest BCUT2D eigenvalue weighted by molar-refractivity contribution is 7.14. The first-order chi connectivity index (χ1) is 13.8. The summed E-state index contributed by atoms with van der Waals surface area (Å²) in [5.74, 6) is -2.33. The average molecular weight is 416 g/mol. The Balaban J connectivity index is 1.52. The van der Waals surface area contributed by atoms with Gasteiger partial charge in [-0.3, -0.25) is 19.3 Å². The van der Waals surface area contributed by atoms with Gasteiger partial charge in [-0.2, -0.15) is 0 Å². The number of nitrogens with one attached hydrogen (secondary N) is 2. The molecule has 1 aromatic heterocycles. The summed E-state index contributed by atoms with van der Waals surface area (Å²) in [5.41, 5.74) is 6.23. The molecule has 0 unspecified atom stereocenters. The Bertz CT molecular complexity index is 968. The number of thiophene rings is 1. The van der Waals surface area contributed by atoms with Gasteiger partial charge in [0.25, 0.3) is 11.8 Å². The van der Waals surface area contributed by atoms with Gasteiger partial charge in [0.05, 0.1) is 24.2 Å². The van der Waals surface area contributed by atoms with Crippen LogP contribution < -0.4 is 16.4 Å². The van der Waals surface area contributed by atoms with E-state index in [1.165, 1.54) is 18.2 Å². The Hall–Kier alpha value is -3.73.